The summed E-state index contributed by atoms with van der Waals surface area (Å²) in [6, 6.07) is 6.39. The Morgan fingerprint density at radius 1 is 1.45 bits per heavy atom. The minimum Gasteiger partial charge on any atom is -0.380 e. The molecule has 20 heavy (non-hydrogen) atoms. The van der Waals surface area contributed by atoms with E-state index in [4.69, 9.17) is 4.74 Å². The van der Waals surface area contributed by atoms with E-state index in [-0.39, 0.29) is 11.8 Å². The lowest BCUT2D eigenvalue weighted by molar-refractivity contribution is -0.131. The van der Waals surface area contributed by atoms with Gasteiger partial charge in [-0.15, -0.1) is 0 Å². The molecule has 3 rings (SSSR count). The molecule has 1 amide bonds. The van der Waals surface area contributed by atoms with E-state index in [0.717, 1.165) is 44.8 Å². The number of nitrogens with zero attached hydrogens (tertiary/aromatic N) is 2. The Bertz CT molecular complexity index is 440. The average molecular weight is 275 g/mol. The first kappa shape index (κ1) is 13.5. The molecule has 0 bridgehead atoms. The molecule has 2 aliphatic heterocycles. The molecule has 1 aromatic rings. The fourth-order valence-corrected chi connectivity index (χ4v) is 2.79. The fourth-order valence-electron chi connectivity index (χ4n) is 2.79. The zero-order chi connectivity index (χ0) is 13.8. The zero-order valence-electron chi connectivity index (χ0n) is 11.6. The van der Waals surface area contributed by atoms with Crippen LogP contribution in [-0.4, -0.2) is 54.7 Å². The SMILES string of the molecule is O=C(NCCc1ccccn1)C1CN(C2CCOC2)C1. The quantitative estimate of drug-likeness (QED) is 0.848. The van der Waals surface area contributed by atoms with Crippen LogP contribution in [0.5, 0.6) is 0 Å². The predicted molar refractivity (Wildman–Crippen MR) is 75.2 cm³/mol. The van der Waals surface area contributed by atoms with Crippen molar-refractivity contribution in [2.24, 2.45) is 5.92 Å². The molecule has 1 N–H and O–H groups in total. The predicted octanol–water partition coefficient (Wildman–Crippen LogP) is 0.461. The standard InChI is InChI=1S/C15H21N3O2/c19-15(17-7-4-13-3-1-2-6-16-13)12-9-18(10-12)14-5-8-20-11-14/h1-3,6,12,14H,4-5,7-11H2,(H,17,19). The highest BCUT2D eigenvalue weighted by Gasteiger charge is 2.37. The number of carbonyl (C=O) groups is 1. The monoisotopic (exact) mass is 275 g/mol. The summed E-state index contributed by atoms with van der Waals surface area (Å²) in [4.78, 5) is 18.6. The van der Waals surface area contributed by atoms with Gasteiger partial charge in [0.05, 0.1) is 12.5 Å². The second-order valence-electron chi connectivity index (χ2n) is 5.53. The van der Waals surface area contributed by atoms with Gasteiger partial charge in [0.15, 0.2) is 0 Å². The second-order valence-corrected chi connectivity index (χ2v) is 5.53. The summed E-state index contributed by atoms with van der Waals surface area (Å²) in [5, 5.41) is 3.01. The maximum atomic E-state index is 12.0. The minimum absolute atomic E-state index is 0.152. The summed E-state index contributed by atoms with van der Waals surface area (Å²) in [6.07, 6.45) is 3.68. The van der Waals surface area contributed by atoms with Gasteiger partial charge in [-0.3, -0.25) is 14.7 Å². The average Bonchev–Trinajstić information content (AvgIpc) is 2.92. The zero-order valence-corrected chi connectivity index (χ0v) is 11.6. The Balaban J connectivity index is 1.34. The Labute approximate surface area is 119 Å². The number of likely N-dealkylation sites (tertiary alicyclic amines) is 1. The van der Waals surface area contributed by atoms with Gasteiger partial charge >= 0.3 is 0 Å². The molecule has 5 nitrogen and oxygen atoms in total. The molecule has 0 aromatic carbocycles. The summed E-state index contributed by atoms with van der Waals surface area (Å²) in [5.41, 5.74) is 1.02. The van der Waals surface area contributed by atoms with Gasteiger partial charge in [0, 0.05) is 50.6 Å². The number of hydrogen-bond acceptors (Lipinski definition) is 4. The van der Waals surface area contributed by atoms with Gasteiger partial charge in [-0.25, -0.2) is 0 Å². The molecule has 2 aliphatic rings. The van der Waals surface area contributed by atoms with Crippen LogP contribution in [0.2, 0.25) is 0 Å². The van der Waals surface area contributed by atoms with Crippen LogP contribution in [0.15, 0.2) is 24.4 Å². The topological polar surface area (TPSA) is 54.5 Å². The molecule has 0 saturated carbocycles. The maximum Gasteiger partial charge on any atom is 0.225 e. The Hall–Kier alpha value is -1.46. The lowest BCUT2D eigenvalue weighted by atomic mass is 9.96. The third-order valence-electron chi connectivity index (χ3n) is 4.11. The smallest absolute Gasteiger partial charge is 0.225 e. The highest BCUT2D eigenvalue weighted by molar-refractivity contribution is 5.80. The van der Waals surface area contributed by atoms with Crippen molar-refractivity contribution in [2.45, 2.75) is 18.9 Å². The first-order valence-electron chi connectivity index (χ1n) is 7.32. The molecule has 2 saturated heterocycles. The van der Waals surface area contributed by atoms with Crippen LogP contribution in [0.1, 0.15) is 12.1 Å². The molecule has 2 fully saturated rings. The third kappa shape index (κ3) is 3.16. The number of hydrogen-bond donors (Lipinski definition) is 1. The van der Waals surface area contributed by atoms with Gasteiger partial charge in [0.25, 0.3) is 0 Å². The summed E-state index contributed by atoms with van der Waals surface area (Å²) in [7, 11) is 0. The van der Waals surface area contributed by atoms with Crippen molar-refractivity contribution in [3.05, 3.63) is 30.1 Å². The molecule has 1 aromatic heterocycles. The largest absolute Gasteiger partial charge is 0.380 e. The van der Waals surface area contributed by atoms with Crippen LogP contribution in [0.4, 0.5) is 0 Å². The van der Waals surface area contributed by atoms with E-state index < -0.39 is 0 Å². The van der Waals surface area contributed by atoms with E-state index in [2.05, 4.69) is 15.2 Å². The number of carbonyl (C=O) groups excluding carboxylic acids is 1. The number of nitrogens with one attached hydrogen (secondary N) is 1. The van der Waals surface area contributed by atoms with Crippen LogP contribution in [0.25, 0.3) is 0 Å². The van der Waals surface area contributed by atoms with Crippen molar-refractivity contribution in [3.8, 4) is 0 Å². The normalized spacial score (nSPS) is 23.5. The van der Waals surface area contributed by atoms with Crippen molar-refractivity contribution >= 4 is 5.91 Å². The van der Waals surface area contributed by atoms with E-state index in [1.165, 1.54) is 0 Å². The van der Waals surface area contributed by atoms with Crippen LogP contribution in [0.3, 0.4) is 0 Å². The Morgan fingerprint density at radius 3 is 3.05 bits per heavy atom. The van der Waals surface area contributed by atoms with Crippen LogP contribution < -0.4 is 5.32 Å². The van der Waals surface area contributed by atoms with Crippen molar-refractivity contribution in [2.75, 3.05) is 32.8 Å². The number of ether oxygens (including phenoxy) is 1. The molecule has 108 valence electrons. The van der Waals surface area contributed by atoms with Crippen molar-refractivity contribution in [3.63, 3.8) is 0 Å². The van der Waals surface area contributed by atoms with E-state index in [9.17, 15) is 4.79 Å². The summed E-state index contributed by atoms with van der Waals surface area (Å²) in [5.74, 6) is 0.329. The van der Waals surface area contributed by atoms with E-state index in [0.29, 0.717) is 12.6 Å². The van der Waals surface area contributed by atoms with Gasteiger partial charge in [-0.1, -0.05) is 6.07 Å². The molecule has 1 atom stereocenters. The van der Waals surface area contributed by atoms with E-state index in [1.807, 2.05) is 18.2 Å². The molecular formula is C15H21N3O2. The summed E-state index contributed by atoms with van der Waals surface area (Å²) < 4.78 is 5.37. The summed E-state index contributed by atoms with van der Waals surface area (Å²) >= 11 is 0. The molecular weight excluding hydrogens is 254 g/mol. The van der Waals surface area contributed by atoms with Crippen molar-refractivity contribution in [1.29, 1.82) is 0 Å². The van der Waals surface area contributed by atoms with Gasteiger partial charge in [0.1, 0.15) is 0 Å². The first-order chi connectivity index (χ1) is 9.83. The second kappa shape index (κ2) is 6.33. The van der Waals surface area contributed by atoms with Crippen molar-refractivity contribution in [1.82, 2.24) is 15.2 Å². The van der Waals surface area contributed by atoms with Gasteiger partial charge in [0.2, 0.25) is 5.91 Å². The lowest BCUT2D eigenvalue weighted by Crippen LogP contribution is -2.57. The highest BCUT2D eigenvalue weighted by atomic mass is 16.5. The molecule has 1 unspecified atom stereocenters. The highest BCUT2D eigenvalue weighted by Crippen LogP contribution is 2.23. The minimum atomic E-state index is 0.152. The maximum absolute atomic E-state index is 12.0. The summed E-state index contributed by atoms with van der Waals surface area (Å²) in [6.45, 7) is 4.11. The van der Waals surface area contributed by atoms with Crippen LogP contribution >= 0.6 is 0 Å². The number of pyridine rings is 1. The number of aromatic nitrogens is 1. The first-order valence-corrected chi connectivity index (χ1v) is 7.32. The molecule has 5 heteroatoms. The van der Waals surface area contributed by atoms with Crippen molar-refractivity contribution < 1.29 is 9.53 Å². The number of rotatable bonds is 5. The lowest BCUT2D eigenvalue weighted by Gasteiger charge is -2.41. The fraction of sp³-hybridized carbons (Fsp3) is 0.600. The van der Waals surface area contributed by atoms with Crippen LogP contribution in [0, 0.1) is 5.92 Å². The van der Waals surface area contributed by atoms with Gasteiger partial charge in [-0.2, -0.15) is 0 Å². The van der Waals surface area contributed by atoms with Crippen LogP contribution in [-0.2, 0) is 16.0 Å². The third-order valence-corrected chi connectivity index (χ3v) is 4.11. The molecule has 0 radical (unpaired) electrons. The van der Waals surface area contributed by atoms with Gasteiger partial charge < -0.3 is 10.1 Å². The molecule has 0 spiro atoms. The molecule has 3 heterocycles. The van der Waals surface area contributed by atoms with Gasteiger partial charge in [-0.05, 0) is 18.6 Å². The Kier molecular flexibility index (Phi) is 4.28. The van der Waals surface area contributed by atoms with E-state index in [1.54, 1.807) is 6.20 Å². The molecule has 0 aliphatic carbocycles. The number of amides is 1. The Morgan fingerprint density at radius 2 is 2.35 bits per heavy atom. The van der Waals surface area contributed by atoms with E-state index >= 15 is 0 Å².